The predicted octanol–water partition coefficient (Wildman–Crippen LogP) is 4.32. The van der Waals surface area contributed by atoms with Gasteiger partial charge in [-0.2, -0.15) is 13.2 Å². The Labute approximate surface area is 112 Å². The normalized spacial score (nSPS) is 11.4. The van der Waals surface area contributed by atoms with Crippen LogP contribution in [0.3, 0.4) is 0 Å². The Balaban J connectivity index is 2.83. The molecule has 100 valence electrons. The zero-order valence-corrected chi connectivity index (χ0v) is 10.7. The van der Waals surface area contributed by atoms with Crippen LogP contribution in [0, 0.1) is 0 Å². The molecule has 2 nitrogen and oxygen atoms in total. The van der Waals surface area contributed by atoms with Crippen LogP contribution in [-0.2, 0) is 11.0 Å². The van der Waals surface area contributed by atoms with Gasteiger partial charge >= 0.3 is 6.18 Å². The molecule has 0 saturated heterocycles. The molecule has 0 bridgehead atoms. The summed E-state index contributed by atoms with van der Waals surface area (Å²) in [7, 11) is 0. The number of amides is 1. The van der Waals surface area contributed by atoms with Crippen LogP contribution in [0.5, 0.6) is 0 Å². The van der Waals surface area contributed by atoms with Gasteiger partial charge in [0.05, 0.1) is 10.6 Å². The van der Waals surface area contributed by atoms with Crippen LogP contribution in [0.1, 0.15) is 18.4 Å². The van der Waals surface area contributed by atoms with Crippen molar-refractivity contribution in [2.45, 2.75) is 19.0 Å². The molecule has 1 aromatic carbocycles. The number of hydrogen-bond donors (Lipinski definition) is 1. The van der Waals surface area contributed by atoms with E-state index in [1.807, 2.05) is 0 Å². The standard InChI is InChI=1S/C11H10Cl2F3NO/c12-5-1-2-10(18)17-7-3-4-9(13)8(6-7)11(14,15)16/h3-4,6H,1-2,5H2,(H,17,18). The number of anilines is 1. The summed E-state index contributed by atoms with van der Waals surface area (Å²) in [4.78, 5) is 11.3. The molecule has 0 unspecified atom stereocenters. The van der Waals surface area contributed by atoms with Gasteiger partial charge in [0.1, 0.15) is 0 Å². The van der Waals surface area contributed by atoms with E-state index in [0.717, 1.165) is 12.1 Å². The Morgan fingerprint density at radius 3 is 2.56 bits per heavy atom. The highest BCUT2D eigenvalue weighted by Gasteiger charge is 2.33. The number of hydrogen-bond acceptors (Lipinski definition) is 1. The first kappa shape index (κ1) is 15.1. The van der Waals surface area contributed by atoms with Gasteiger partial charge in [-0.05, 0) is 24.6 Å². The molecule has 1 amide bonds. The smallest absolute Gasteiger partial charge is 0.326 e. The van der Waals surface area contributed by atoms with Crippen molar-refractivity contribution in [3.8, 4) is 0 Å². The molecule has 0 aliphatic rings. The predicted molar refractivity (Wildman–Crippen MR) is 65.0 cm³/mol. The van der Waals surface area contributed by atoms with Crippen molar-refractivity contribution < 1.29 is 18.0 Å². The summed E-state index contributed by atoms with van der Waals surface area (Å²) in [5, 5.41) is 1.96. The van der Waals surface area contributed by atoms with E-state index in [4.69, 9.17) is 23.2 Å². The summed E-state index contributed by atoms with van der Waals surface area (Å²) >= 11 is 10.9. The number of alkyl halides is 4. The molecule has 0 fully saturated rings. The minimum absolute atomic E-state index is 0.0614. The second-order valence-electron chi connectivity index (χ2n) is 3.53. The largest absolute Gasteiger partial charge is 0.417 e. The summed E-state index contributed by atoms with van der Waals surface area (Å²) in [5.74, 6) is -0.0620. The van der Waals surface area contributed by atoms with Gasteiger partial charge < -0.3 is 5.32 Å². The van der Waals surface area contributed by atoms with E-state index >= 15 is 0 Å². The molecule has 1 N–H and O–H groups in total. The van der Waals surface area contributed by atoms with Crippen LogP contribution in [-0.4, -0.2) is 11.8 Å². The van der Waals surface area contributed by atoms with Crippen molar-refractivity contribution in [3.63, 3.8) is 0 Å². The van der Waals surface area contributed by atoms with Gasteiger partial charge in [0.15, 0.2) is 0 Å². The number of carbonyl (C=O) groups is 1. The summed E-state index contributed by atoms with van der Waals surface area (Å²) in [6.07, 6.45) is -3.92. The second kappa shape index (κ2) is 6.29. The molecule has 0 aliphatic heterocycles. The van der Waals surface area contributed by atoms with Gasteiger partial charge in [-0.25, -0.2) is 0 Å². The quantitative estimate of drug-likeness (QED) is 0.825. The Hall–Kier alpha value is -0.940. The van der Waals surface area contributed by atoms with Gasteiger partial charge in [-0.15, -0.1) is 11.6 Å². The van der Waals surface area contributed by atoms with Gasteiger partial charge in [-0.1, -0.05) is 11.6 Å². The van der Waals surface area contributed by atoms with Crippen LogP contribution in [0.4, 0.5) is 18.9 Å². The third kappa shape index (κ3) is 4.38. The molecule has 0 radical (unpaired) electrons. The first-order chi connectivity index (χ1) is 8.34. The van der Waals surface area contributed by atoms with E-state index in [1.54, 1.807) is 0 Å². The van der Waals surface area contributed by atoms with Crippen LogP contribution in [0.15, 0.2) is 18.2 Å². The Bertz CT molecular complexity index is 435. The van der Waals surface area contributed by atoms with E-state index in [2.05, 4.69) is 5.32 Å². The van der Waals surface area contributed by atoms with Crippen molar-refractivity contribution in [2.24, 2.45) is 0 Å². The molecule has 0 heterocycles. The lowest BCUT2D eigenvalue weighted by atomic mass is 10.2. The van der Waals surface area contributed by atoms with E-state index < -0.39 is 16.8 Å². The molecule has 18 heavy (non-hydrogen) atoms. The fraction of sp³-hybridized carbons (Fsp3) is 0.364. The molecule has 0 saturated carbocycles. The van der Waals surface area contributed by atoms with E-state index in [1.165, 1.54) is 6.07 Å². The molecular weight excluding hydrogens is 290 g/mol. The highest BCUT2D eigenvalue weighted by molar-refractivity contribution is 6.31. The van der Waals surface area contributed by atoms with Crippen molar-refractivity contribution in [1.29, 1.82) is 0 Å². The van der Waals surface area contributed by atoms with Gasteiger partial charge in [0, 0.05) is 18.0 Å². The van der Waals surface area contributed by atoms with E-state index in [9.17, 15) is 18.0 Å². The maximum absolute atomic E-state index is 12.6. The Morgan fingerprint density at radius 1 is 1.33 bits per heavy atom. The molecule has 0 aromatic heterocycles. The van der Waals surface area contributed by atoms with Gasteiger partial charge in [-0.3, -0.25) is 4.79 Å². The Morgan fingerprint density at radius 2 is 2.00 bits per heavy atom. The molecule has 7 heteroatoms. The lowest BCUT2D eigenvalue weighted by molar-refractivity contribution is -0.137. The van der Waals surface area contributed by atoms with Gasteiger partial charge in [0.25, 0.3) is 0 Å². The lowest BCUT2D eigenvalue weighted by Gasteiger charge is -2.11. The fourth-order valence-electron chi connectivity index (χ4n) is 1.27. The minimum Gasteiger partial charge on any atom is -0.326 e. The molecule has 1 rings (SSSR count). The SMILES string of the molecule is O=C(CCCCl)Nc1ccc(Cl)c(C(F)(F)F)c1. The number of halogens is 5. The first-order valence-electron chi connectivity index (χ1n) is 5.07. The molecular formula is C11H10Cl2F3NO. The maximum atomic E-state index is 12.6. The molecule has 0 spiro atoms. The second-order valence-corrected chi connectivity index (χ2v) is 4.32. The van der Waals surface area contributed by atoms with Gasteiger partial charge in [0.2, 0.25) is 5.91 Å². The summed E-state index contributed by atoms with van der Waals surface area (Å²) < 4.78 is 37.7. The maximum Gasteiger partial charge on any atom is 0.417 e. The van der Waals surface area contributed by atoms with Crippen molar-refractivity contribution >= 4 is 34.8 Å². The average molecular weight is 300 g/mol. The van der Waals surface area contributed by atoms with E-state index in [-0.39, 0.29) is 18.0 Å². The van der Waals surface area contributed by atoms with Crippen LogP contribution in [0.25, 0.3) is 0 Å². The van der Waals surface area contributed by atoms with Crippen LogP contribution >= 0.6 is 23.2 Å². The van der Waals surface area contributed by atoms with Crippen molar-refractivity contribution in [1.82, 2.24) is 0 Å². The molecule has 0 atom stereocenters. The summed E-state index contributed by atoms with van der Waals surface area (Å²) in [6.45, 7) is 0. The highest BCUT2D eigenvalue weighted by atomic mass is 35.5. The summed E-state index contributed by atoms with van der Waals surface area (Å²) in [5.41, 5.74) is -0.911. The number of carbonyl (C=O) groups excluding carboxylic acids is 1. The number of nitrogens with one attached hydrogen (secondary N) is 1. The number of rotatable bonds is 4. The zero-order chi connectivity index (χ0) is 13.8. The van der Waals surface area contributed by atoms with E-state index in [0.29, 0.717) is 12.3 Å². The van der Waals surface area contributed by atoms with Crippen molar-refractivity contribution in [2.75, 3.05) is 11.2 Å². The summed E-state index contributed by atoms with van der Waals surface area (Å²) in [6, 6.07) is 3.22. The van der Waals surface area contributed by atoms with Crippen LogP contribution < -0.4 is 5.32 Å². The third-order valence-corrected chi connectivity index (χ3v) is 2.69. The Kier molecular flexibility index (Phi) is 5.28. The third-order valence-electron chi connectivity index (χ3n) is 2.09. The average Bonchev–Trinajstić information content (AvgIpc) is 2.27. The highest BCUT2D eigenvalue weighted by Crippen LogP contribution is 2.36. The zero-order valence-electron chi connectivity index (χ0n) is 9.15. The monoisotopic (exact) mass is 299 g/mol. The number of benzene rings is 1. The molecule has 0 aliphatic carbocycles. The topological polar surface area (TPSA) is 29.1 Å². The van der Waals surface area contributed by atoms with Crippen molar-refractivity contribution in [3.05, 3.63) is 28.8 Å². The first-order valence-corrected chi connectivity index (χ1v) is 5.98. The minimum atomic E-state index is -4.55. The molecule has 1 aromatic rings. The lowest BCUT2D eigenvalue weighted by Crippen LogP contribution is -2.13. The fourth-order valence-corrected chi connectivity index (χ4v) is 1.63. The van der Waals surface area contributed by atoms with Crippen LogP contribution in [0.2, 0.25) is 5.02 Å².